The summed E-state index contributed by atoms with van der Waals surface area (Å²) < 4.78 is 4.88. The van der Waals surface area contributed by atoms with Gasteiger partial charge in [0.1, 0.15) is 16.8 Å². The van der Waals surface area contributed by atoms with E-state index in [9.17, 15) is 14.9 Å². The first kappa shape index (κ1) is 22.0. The smallest absolute Gasteiger partial charge is 0.450 e. The molecular formula is C20H20ClN5O5S. The van der Waals surface area contributed by atoms with E-state index in [1.807, 2.05) is 11.8 Å². The van der Waals surface area contributed by atoms with Crippen molar-refractivity contribution in [3.8, 4) is 0 Å². The lowest BCUT2D eigenvalue weighted by Gasteiger charge is -2.31. The predicted octanol–water partition coefficient (Wildman–Crippen LogP) is 4.84. The number of ether oxygens (including phenoxy) is 1. The molecular weight excluding hydrogens is 458 g/mol. The molecule has 168 valence electrons. The quantitative estimate of drug-likeness (QED) is 0.291. The summed E-state index contributed by atoms with van der Waals surface area (Å²) in [5.74, 6) is 1.07. The van der Waals surface area contributed by atoms with Crippen LogP contribution in [0, 0.1) is 17.0 Å². The predicted molar refractivity (Wildman–Crippen MR) is 122 cm³/mol. The summed E-state index contributed by atoms with van der Waals surface area (Å²) in [7, 11) is 0. The van der Waals surface area contributed by atoms with E-state index in [-0.39, 0.29) is 11.8 Å². The van der Waals surface area contributed by atoms with Crippen molar-refractivity contribution in [2.75, 3.05) is 23.3 Å². The van der Waals surface area contributed by atoms with Crippen molar-refractivity contribution in [3.63, 3.8) is 0 Å². The van der Waals surface area contributed by atoms with Crippen LogP contribution in [0.2, 0.25) is 5.02 Å². The molecule has 10 nitrogen and oxygen atoms in total. The van der Waals surface area contributed by atoms with Crippen LogP contribution in [0.25, 0.3) is 10.2 Å². The van der Waals surface area contributed by atoms with Crippen LogP contribution >= 0.6 is 22.9 Å². The van der Waals surface area contributed by atoms with E-state index in [0.717, 1.165) is 15.3 Å². The fraction of sp³-hybridized carbons (Fsp3) is 0.350. The third-order valence-electron chi connectivity index (χ3n) is 5.22. The van der Waals surface area contributed by atoms with Gasteiger partial charge in [-0.05, 0) is 12.5 Å². The zero-order chi connectivity index (χ0) is 22.8. The number of thiophene rings is 1. The number of nitrogens with one attached hydrogen (secondary N) is 1. The number of hydrogen-bond donors (Lipinski definition) is 2. The van der Waals surface area contributed by atoms with Gasteiger partial charge in [0.2, 0.25) is 5.95 Å². The second kappa shape index (κ2) is 9.13. The van der Waals surface area contributed by atoms with E-state index < -0.39 is 11.1 Å². The monoisotopic (exact) mass is 477 g/mol. The highest BCUT2D eigenvalue weighted by Crippen LogP contribution is 2.39. The highest BCUT2D eigenvalue weighted by atomic mass is 35.5. The van der Waals surface area contributed by atoms with Gasteiger partial charge in [0.15, 0.2) is 0 Å². The van der Waals surface area contributed by atoms with Crippen LogP contribution in [-0.4, -0.2) is 45.3 Å². The number of nitrogens with zero attached hydrogens (tertiary/aromatic N) is 4. The highest BCUT2D eigenvalue weighted by molar-refractivity contribution is 7.19. The number of piperidine rings is 1. The van der Waals surface area contributed by atoms with Crippen molar-refractivity contribution in [1.82, 2.24) is 9.97 Å². The summed E-state index contributed by atoms with van der Waals surface area (Å²) in [4.78, 5) is 34.4. The molecule has 0 unspecified atom stereocenters. The second-order valence-corrected chi connectivity index (χ2v) is 8.96. The van der Waals surface area contributed by atoms with Crippen molar-refractivity contribution < 1.29 is 19.6 Å². The molecule has 0 aliphatic carbocycles. The van der Waals surface area contributed by atoms with Gasteiger partial charge in [-0.2, -0.15) is 4.98 Å². The van der Waals surface area contributed by atoms with Crippen LogP contribution in [0.3, 0.4) is 0 Å². The molecule has 0 radical (unpaired) electrons. The first-order valence-electron chi connectivity index (χ1n) is 9.90. The number of fused-ring (bicyclic) bond motifs is 1. The van der Waals surface area contributed by atoms with Crippen molar-refractivity contribution in [2.45, 2.75) is 32.4 Å². The number of anilines is 2. The Morgan fingerprint density at radius 1 is 1.41 bits per heavy atom. The minimum Gasteiger partial charge on any atom is -0.450 e. The summed E-state index contributed by atoms with van der Waals surface area (Å²) in [6, 6.07) is 6.40. The topological polar surface area (TPSA) is 131 Å². The van der Waals surface area contributed by atoms with Gasteiger partial charge in [-0.3, -0.25) is 10.1 Å². The number of carbonyl (C=O) groups is 1. The fourth-order valence-corrected chi connectivity index (χ4v) is 4.88. The van der Waals surface area contributed by atoms with Gasteiger partial charge >= 0.3 is 6.16 Å². The zero-order valence-corrected chi connectivity index (χ0v) is 18.6. The van der Waals surface area contributed by atoms with Gasteiger partial charge in [-0.25, -0.2) is 9.78 Å². The number of nitro benzene ring substituents is 1. The van der Waals surface area contributed by atoms with E-state index in [1.165, 1.54) is 23.5 Å². The number of hydrogen-bond acceptors (Lipinski definition) is 9. The Hall–Kier alpha value is -3.18. The molecule has 0 bridgehead atoms. The van der Waals surface area contributed by atoms with Crippen LogP contribution in [0.1, 0.15) is 23.3 Å². The maximum atomic E-state index is 11.1. The Bertz CT molecular complexity index is 1180. The number of aryl methyl sites for hydroxylation is 1. The van der Waals surface area contributed by atoms with Crippen LogP contribution in [-0.2, 0) is 11.3 Å². The van der Waals surface area contributed by atoms with E-state index >= 15 is 0 Å². The lowest BCUT2D eigenvalue weighted by atomic mass is 10.1. The summed E-state index contributed by atoms with van der Waals surface area (Å²) in [5, 5.41) is 24.4. The summed E-state index contributed by atoms with van der Waals surface area (Å²) >= 11 is 7.98. The zero-order valence-electron chi connectivity index (χ0n) is 17.1. The molecule has 1 saturated heterocycles. The molecule has 3 aromatic rings. The number of carboxylic acid groups (broad SMARTS) is 1. The number of rotatable bonds is 6. The van der Waals surface area contributed by atoms with Crippen molar-refractivity contribution in [1.29, 1.82) is 0 Å². The SMILES string of the molecule is Cc1sc2nc(N3CCC(OC(=O)O)CC3)nc(NCc3cccc([N+](=O)[O-])c3)c2c1Cl. The van der Waals surface area contributed by atoms with Gasteiger partial charge in [0.25, 0.3) is 5.69 Å². The normalized spacial score (nSPS) is 14.5. The Morgan fingerprint density at radius 2 is 2.16 bits per heavy atom. The molecule has 12 heteroatoms. The third kappa shape index (κ3) is 4.68. The maximum Gasteiger partial charge on any atom is 0.506 e. The average Bonchev–Trinajstić information content (AvgIpc) is 3.06. The molecule has 0 atom stereocenters. The molecule has 3 heterocycles. The lowest BCUT2D eigenvalue weighted by molar-refractivity contribution is -0.384. The molecule has 2 N–H and O–H groups in total. The lowest BCUT2D eigenvalue weighted by Crippen LogP contribution is -2.38. The van der Waals surface area contributed by atoms with Gasteiger partial charge < -0.3 is 20.1 Å². The molecule has 4 rings (SSSR count). The van der Waals surface area contributed by atoms with Crippen molar-refractivity contribution >= 4 is 56.8 Å². The molecule has 1 aliphatic heterocycles. The molecule has 0 spiro atoms. The van der Waals surface area contributed by atoms with E-state index in [0.29, 0.717) is 54.7 Å². The van der Waals surface area contributed by atoms with Crippen LogP contribution in [0.5, 0.6) is 0 Å². The van der Waals surface area contributed by atoms with Crippen molar-refractivity contribution in [2.24, 2.45) is 0 Å². The first-order valence-corrected chi connectivity index (χ1v) is 11.1. The van der Waals surface area contributed by atoms with E-state index in [1.54, 1.807) is 12.1 Å². The molecule has 1 aliphatic rings. The number of aromatic nitrogens is 2. The number of benzene rings is 1. The number of nitro groups is 1. The number of halogens is 1. The minimum absolute atomic E-state index is 0.0219. The van der Waals surface area contributed by atoms with Gasteiger partial charge in [0, 0.05) is 49.5 Å². The molecule has 1 aromatic carbocycles. The van der Waals surface area contributed by atoms with Gasteiger partial charge in [-0.1, -0.05) is 23.7 Å². The van der Waals surface area contributed by atoms with Gasteiger partial charge in [-0.15, -0.1) is 11.3 Å². The molecule has 32 heavy (non-hydrogen) atoms. The highest BCUT2D eigenvalue weighted by Gasteiger charge is 2.25. The van der Waals surface area contributed by atoms with Crippen LogP contribution in [0.15, 0.2) is 24.3 Å². The minimum atomic E-state index is -1.27. The summed E-state index contributed by atoms with van der Waals surface area (Å²) in [5.41, 5.74) is 0.760. The van der Waals surface area contributed by atoms with E-state index in [4.69, 9.17) is 26.4 Å². The Balaban J connectivity index is 1.59. The van der Waals surface area contributed by atoms with Crippen LogP contribution in [0.4, 0.5) is 22.2 Å². The standard InChI is InChI=1S/C20H20ClN5O5S/c1-11-16(21)15-17(22-10-12-3-2-4-13(9-12)26(29)30)23-19(24-18(15)32-11)25-7-5-14(6-8-25)31-20(27)28/h2-4,9,14H,5-8,10H2,1H3,(H,27,28)(H,22,23,24). The van der Waals surface area contributed by atoms with Crippen LogP contribution < -0.4 is 10.2 Å². The first-order chi connectivity index (χ1) is 15.3. The molecule has 1 fully saturated rings. The fourth-order valence-electron chi connectivity index (χ4n) is 3.62. The Morgan fingerprint density at radius 3 is 2.84 bits per heavy atom. The average molecular weight is 478 g/mol. The molecule has 2 aromatic heterocycles. The Kier molecular flexibility index (Phi) is 6.28. The van der Waals surface area contributed by atoms with Gasteiger partial charge in [0.05, 0.1) is 15.3 Å². The maximum absolute atomic E-state index is 11.1. The third-order valence-corrected chi connectivity index (χ3v) is 6.80. The Labute approximate surface area is 191 Å². The number of non-ortho nitro benzene ring substituents is 1. The summed E-state index contributed by atoms with van der Waals surface area (Å²) in [6.45, 7) is 3.36. The molecule has 0 amide bonds. The molecule has 0 saturated carbocycles. The summed E-state index contributed by atoms with van der Waals surface area (Å²) in [6.07, 6.45) is -0.502. The second-order valence-electron chi connectivity index (χ2n) is 7.38. The van der Waals surface area contributed by atoms with Crippen molar-refractivity contribution in [3.05, 3.63) is 49.8 Å². The van der Waals surface area contributed by atoms with E-state index in [2.05, 4.69) is 10.3 Å². The largest absolute Gasteiger partial charge is 0.506 e.